The largest absolute Gasteiger partial charge is 0.262 e. The summed E-state index contributed by atoms with van der Waals surface area (Å²) in [7, 11) is -7.87. The summed E-state index contributed by atoms with van der Waals surface area (Å²) < 4.78 is 62.6. The van der Waals surface area contributed by atoms with Crippen molar-refractivity contribution in [3.8, 4) is 0 Å². The van der Waals surface area contributed by atoms with E-state index < -0.39 is 30.6 Å². The van der Waals surface area contributed by atoms with E-state index in [4.69, 9.17) is 0 Å². The molecule has 0 aliphatic heterocycles. The monoisotopic (exact) mass is 334 g/mol. The van der Waals surface area contributed by atoms with Gasteiger partial charge in [-0.2, -0.15) is 5.10 Å². The average molecular weight is 334 g/mol. The maximum atomic E-state index is 13.7. The fourth-order valence-corrected chi connectivity index (χ4v) is 3.29. The van der Waals surface area contributed by atoms with E-state index in [0.29, 0.717) is 0 Å². The lowest BCUT2D eigenvalue weighted by Gasteiger charge is -2.08. The van der Waals surface area contributed by atoms with E-state index in [1.807, 2.05) is 0 Å². The zero-order chi connectivity index (χ0) is 15.7. The van der Waals surface area contributed by atoms with Gasteiger partial charge in [0, 0.05) is 6.26 Å². The average Bonchev–Trinajstić information content (AvgIpc) is 2.88. The summed E-state index contributed by atoms with van der Waals surface area (Å²) in [5.74, 6) is -0.814. The normalized spacial score (nSPS) is 12.5. The smallest absolute Gasteiger partial charge is 0.243 e. The van der Waals surface area contributed by atoms with Crippen LogP contribution in [0, 0.1) is 5.82 Å². The molecule has 0 aliphatic rings. The Hall–Kier alpha value is -1.85. The Morgan fingerprint density at radius 1 is 1.29 bits per heavy atom. The first-order valence-corrected chi connectivity index (χ1v) is 8.91. The van der Waals surface area contributed by atoms with Crippen LogP contribution in [0.5, 0.6) is 0 Å². The Balaban J connectivity index is 2.35. The van der Waals surface area contributed by atoms with Gasteiger partial charge in [0.25, 0.3) is 0 Å². The van der Waals surface area contributed by atoms with Crippen LogP contribution in [0.4, 0.5) is 4.39 Å². The van der Waals surface area contributed by atoms with E-state index in [1.54, 1.807) is 0 Å². The fraction of sp³-hybridized carbons (Fsp3) is 0.200. The number of rotatable bonds is 5. The van der Waals surface area contributed by atoms with Crippen LogP contribution in [0.1, 0.15) is 5.82 Å². The summed E-state index contributed by atoms with van der Waals surface area (Å²) in [6, 6.07) is 2.56. The minimum Gasteiger partial charge on any atom is -0.262 e. The molecule has 0 spiro atoms. The van der Waals surface area contributed by atoms with E-state index in [9.17, 15) is 21.2 Å². The van der Waals surface area contributed by atoms with Crippen LogP contribution in [0.2, 0.25) is 0 Å². The number of aromatic amines is 1. The van der Waals surface area contributed by atoms with Crippen LogP contribution in [0.3, 0.4) is 0 Å². The molecule has 2 N–H and O–H groups in total. The van der Waals surface area contributed by atoms with Gasteiger partial charge in [-0.15, -0.1) is 0 Å². The van der Waals surface area contributed by atoms with Gasteiger partial charge in [-0.1, -0.05) is 0 Å². The molecule has 0 atom stereocenters. The number of aromatic nitrogens is 3. The van der Waals surface area contributed by atoms with Crippen molar-refractivity contribution in [2.24, 2.45) is 0 Å². The van der Waals surface area contributed by atoms with Crippen LogP contribution in [0.15, 0.2) is 34.3 Å². The van der Waals surface area contributed by atoms with Gasteiger partial charge < -0.3 is 0 Å². The summed E-state index contributed by atoms with van der Waals surface area (Å²) in [6.45, 7) is -0.231. The highest BCUT2D eigenvalue weighted by Crippen LogP contribution is 2.19. The number of nitrogens with zero attached hydrogens (tertiary/aromatic N) is 2. The second-order valence-electron chi connectivity index (χ2n) is 4.12. The molecule has 0 amide bonds. The lowest BCUT2D eigenvalue weighted by molar-refractivity contribution is 0.553. The SMILES string of the molecule is CS(=O)(=O)c1ccc(F)c(S(=O)(=O)NCc2ncn[nH]2)c1. The van der Waals surface area contributed by atoms with Gasteiger partial charge in [0.2, 0.25) is 10.0 Å². The molecule has 0 saturated heterocycles. The highest BCUT2D eigenvalue weighted by Gasteiger charge is 2.22. The lowest BCUT2D eigenvalue weighted by atomic mass is 10.3. The van der Waals surface area contributed by atoms with Gasteiger partial charge in [-0.25, -0.2) is 30.9 Å². The lowest BCUT2D eigenvalue weighted by Crippen LogP contribution is -2.25. The molecular formula is C10H11FN4O4S2. The van der Waals surface area contributed by atoms with Gasteiger partial charge in [-0.05, 0) is 18.2 Å². The summed E-state index contributed by atoms with van der Waals surface area (Å²) in [6.07, 6.45) is 2.09. The molecule has 1 heterocycles. The van der Waals surface area contributed by atoms with E-state index in [1.165, 1.54) is 6.33 Å². The molecule has 8 nitrogen and oxygen atoms in total. The molecule has 11 heteroatoms. The molecule has 114 valence electrons. The minimum atomic E-state index is -4.23. The number of sulfonamides is 1. The number of benzene rings is 1. The van der Waals surface area contributed by atoms with Crippen LogP contribution in [0.25, 0.3) is 0 Å². The van der Waals surface area contributed by atoms with Crippen molar-refractivity contribution in [2.45, 2.75) is 16.3 Å². The van der Waals surface area contributed by atoms with Crippen LogP contribution < -0.4 is 4.72 Å². The van der Waals surface area contributed by atoms with Crippen molar-refractivity contribution in [2.75, 3.05) is 6.26 Å². The van der Waals surface area contributed by atoms with Crippen molar-refractivity contribution in [1.82, 2.24) is 19.9 Å². The molecule has 0 bridgehead atoms. The van der Waals surface area contributed by atoms with E-state index in [2.05, 4.69) is 19.9 Å². The maximum absolute atomic E-state index is 13.7. The number of sulfone groups is 1. The van der Waals surface area contributed by atoms with Crippen molar-refractivity contribution in [1.29, 1.82) is 0 Å². The maximum Gasteiger partial charge on any atom is 0.243 e. The number of H-pyrrole nitrogens is 1. The second kappa shape index (κ2) is 5.50. The summed E-state index contributed by atoms with van der Waals surface area (Å²) in [5.41, 5.74) is 0. The molecule has 1 aromatic carbocycles. The Labute approximate surface area is 120 Å². The van der Waals surface area contributed by atoms with Crippen LogP contribution in [-0.2, 0) is 26.4 Å². The first-order valence-electron chi connectivity index (χ1n) is 5.54. The Kier molecular flexibility index (Phi) is 4.07. The van der Waals surface area contributed by atoms with Crippen molar-refractivity contribution in [3.05, 3.63) is 36.2 Å². The van der Waals surface area contributed by atoms with Crippen molar-refractivity contribution < 1.29 is 21.2 Å². The molecule has 2 aromatic rings. The topological polar surface area (TPSA) is 122 Å². The van der Waals surface area contributed by atoms with E-state index in [0.717, 1.165) is 24.5 Å². The van der Waals surface area contributed by atoms with Gasteiger partial charge >= 0.3 is 0 Å². The number of hydrogen-bond acceptors (Lipinski definition) is 6. The molecule has 0 unspecified atom stereocenters. The standard InChI is InChI=1S/C10H11FN4O4S2/c1-20(16,17)7-2-3-8(11)9(4-7)21(18,19)14-5-10-12-6-13-15-10/h2-4,6,14H,5H2,1H3,(H,12,13,15). The molecule has 0 saturated carbocycles. The first-order chi connectivity index (χ1) is 9.70. The molecule has 2 rings (SSSR count). The quantitative estimate of drug-likeness (QED) is 0.732. The zero-order valence-electron chi connectivity index (χ0n) is 10.7. The zero-order valence-corrected chi connectivity index (χ0v) is 12.4. The van der Waals surface area contributed by atoms with E-state index >= 15 is 0 Å². The van der Waals surface area contributed by atoms with E-state index in [-0.39, 0.29) is 17.3 Å². The van der Waals surface area contributed by atoms with Gasteiger partial charge in [0.1, 0.15) is 22.9 Å². The Morgan fingerprint density at radius 2 is 2.00 bits per heavy atom. The molecule has 1 aromatic heterocycles. The van der Waals surface area contributed by atoms with Crippen LogP contribution >= 0.6 is 0 Å². The third-order valence-corrected chi connectivity index (χ3v) is 5.04. The number of nitrogens with one attached hydrogen (secondary N) is 2. The molecule has 0 aliphatic carbocycles. The predicted molar refractivity (Wildman–Crippen MR) is 69.9 cm³/mol. The molecular weight excluding hydrogens is 323 g/mol. The highest BCUT2D eigenvalue weighted by molar-refractivity contribution is 7.91. The third-order valence-electron chi connectivity index (χ3n) is 2.51. The second-order valence-corrected chi connectivity index (χ2v) is 7.87. The number of halogens is 1. The number of hydrogen-bond donors (Lipinski definition) is 2. The van der Waals surface area contributed by atoms with Gasteiger partial charge in [0.05, 0.1) is 11.4 Å². The first kappa shape index (κ1) is 15.5. The summed E-state index contributed by atoms with van der Waals surface area (Å²) in [5, 5.41) is 5.97. The Morgan fingerprint density at radius 3 is 2.57 bits per heavy atom. The predicted octanol–water partition coefficient (Wildman–Crippen LogP) is -0.174. The highest BCUT2D eigenvalue weighted by atomic mass is 32.2. The molecule has 21 heavy (non-hydrogen) atoms. The fourth-order valence-electron chi connectivity index (χ4n) is 1.48. The third kappa shape index (κ3) is 3.62. The minimum absolute atomic E-state index is 0.231. The summed E-state index contributed by atoms with van der Waals surface area (Å²) in [4.78, 5) is 2.68. The van der Waals surface area contributed by atoms with Gasteiger partial charge in [0.15, 0.2) is 9.84 Å². The molecule has 0 radical (unpaired) electrons. The van der Waals surface area contributed by atoms with Crippen LogP contribution in [-0.4, -0.2) is 38.3 Å². The Bertz CT molecular complexity index is 847. The van der Waals surface area contributed by atoms with Crippen molar-refractivity contribution in [3.63, 3.8) is 0 Å². The molecule has 0 fully saturated rings. The van der Waals surface area contributed by atoms with Crippen molar-refractivity contribution >= 4 is 19.9 Å². The summed E-state index contributed by atoms with van der Waals surface area (Å²) >= 11 is 0. The van der Waals surface area contributed by atoms with Gasteiger partial charge in [-0.3, -0.25) is 5.10 Å².